The van der Waals surface area contributed by atoms with Crippen LogP contribution in [0.5, 0.6) is 0 Å². The summed E-state index contributed by atoms with van der Waals surface area (Å²) in [6.45, 7) is 3.04. The number of thioether (sulfide) groups is 1. The van der Waals surface area contributed by atoms with Crippen LogP contribution < -0.4 is 5.32 Å². The molecule has 1 aromatic rings. The predicted molar refractivity (Wildman–Crippen MR) is 91.3 cm³/mol. The summed E-state index contributed by atoms with van der Waals surface area (Å²) in [4.78, 5) is 12.2. The maximum atomic E-state index is 12.2. The van der Waals surface area contributed by atoms with Crippen LogP contribution in [-0.2, 0) is 22.4 Å². The first-order valence-corrected chi connectivity index (χ1v) is 9.37. The van der Waals surface area contributed by atoms with Gasteiger partial charge in [0, 0.05) is 17.9 Å². The monoisotopic (exact) mass is 319 g/mol. The first kappa shape index (κ1) is 15.9. The lowest BCUT2D eigenvalue weighted by Crippen LogP contribution is -2.47. The molecule has 2 aliphatic rings. The minimum Gasteiger partial charge on any atom is -0.377 e. The molecule has 0 spiro atoms. The van der Waals surface area contributed by atoms with Crippen molar-refractivity contribution in [1.29, 1.82) is 0 Å². The smallest absolute Gasteiger partial charge is 0.230 e. The third-order valence-electron chi connectivity index (χ3n) is 4.53. The van der Waals surface area contributed by atoms with Crippen molar-refractivity contribution in [3.05, 3.63) is 35.4 Å². The van der Waals surface area contributed by atoms with E-state index in [4.69, 9.17) is 4.74 Å². The van der Waals surface area contributed by atoms with Gasteiger partial charge in [-0.25, -0.2) is 0 Å². The molecule has 3 nitrogen and oxygen atoms in total. The van der Waals surface area contributed by atoms with Gasteiger partial charge >= 0.3 is 0 Å². The lowest BCUT2D eigenvalue weighted by Gasteiger charge is -2.26. The van der Waals surface area contributed by atoms with E-state index in [0.717, 1.165) is 31.6 Å². The number of carbonyl (C=O) groups is 1. The van der Waals surface area contributed by atoms with Gasteiger partial charge in [0.25, 0.3) is 0 Å². The molecule has 1 saturated heterocycles. The molecule has 1 fully saturated rings. The van der Waals surface area contributed by atoms with Crippen molar-refractivity contribution in [3.8, 4) is 0 Å². The van der Waals surface area contributed by atoms with Crippen LogP contribution in [0, 0.1) is 0 Å². The molecule has 1 aliphatic carbocycles. The van der Waals surface area contributed by atoms with Crippen LogP contribution >= 0.6 is 11.8 Å². The number of carbonyl (C=O) groups excluding carboxylic acids is 1. The lowest BCUT2D eigenvalue weighted by molar-refractivity contribution is -0.120. The fraction of sp³-hybridized carbons (Fsp3) is 0.611. The molecule has 1 heterocycles. The highest BCUT2D eigenvalue weighted by molar-refractivity contribution is 7.99. The average molecular weight is 319 g/mol. The van der Waals surface area contributed by atoms with Crippen LogP contribution in [0.1, 0.15) is 37.3 Å². The van der Waals surface area contributed by atoms with Gasteiger partial charge in [0.1, 0.15) is 0 Å². The fourth-order valence-corrected chi connectivity index (χ4v) is 4.39. The van der Waals surface area contributed by atoms with Gasteiger partial charge in [-0.3, -0.25) is 4.79 Å². The van der Waals surface area contributed by atoms with Crippen LogP contribution in [0.2, 0.25) is 0 Å². The van der Waals surface area contributed by atoms with E-state index in [-0.39, 0.29) is 11.4 Å². The largest absolute Gasteiger partial charge is 0.377 e. The molecular weight excluding hydrogens is 294 g/mol. The van der Waals surface area contributed by atoms with Crippen LogP contribution in [0.3, 0.4) is 0 Å². The quantitative estimate of drug-likeness (QED) is 0.907. The highest BCUT2D eigenvalue weighted by Crippen LogP contribution is 2.29. The summed E-state index contributed by atoms with van der Waals surface area (Å²) in [6.07, 6.45) is 5.80. The highest BCUT2D eigenvalue weighted by atomic mass is 32.2. The lowest BCUT2D eigenvalue weighted by atomic mass is 9.99. The Kier molecular flexibility index (Phi) is 5.09. The van der Waals surface area contributed by atoms with Gasteiger partial charge in [0.05, 0.1) is 11.9 Å². The topological polar surface area (TPSA) is 38.3 Å². The molecule has 1 amide bonds. The number of fused-ring (bicyclic) bond motifs is 1. The van der Waals surface area contributed by atoms with Crippen LogP contribution in [0.15, 0.2) is 24.3 Å². The van der Waals surface area contributed by atoms with Crippen LogP contribution in [-0.4, -0.2) is 35.7 Å². The second kappa shape index (κ2) is 7.05. The summed E-state index contributed by atoms with van der Waals surface area (Å²) in [6, 6.07) is 8.49. The summed E-state index contributed by atoms with van der Waals surface area (Å²) in [5, 5.41) is 3.24. The Labute approximate surface area is 137 Å². The molecule has 0 saturated carbocycles. The van der Waals surface area contributed by atoms with E-state index in [9.17, 15) is 4.79 Å². The molecule has 0 radical (unpaired) electrons. The van der Waals surface area contributed by atoms with Gasteiger partial charge in [0.15, 0.2) is 0 Å². The highest BCUT2D eigenvalue weighted by Gasteiger charge is 2.33. The summed E-state index contributed by atoms with van der Waals surface area (Å²) in [5.74, 6) is 1.62. The number of benzene rings is 1. The zero-order valence-electron chi connectivity index (χ0n) is 13.3. The number of hydrogen-bond donors (Lipinski definition) is 1. The maximum Gasteiger partial charge on any atom is 0.230 e. The standard InChI is InChI=1S/C18H25NO2S/c1-18(10-14-6-2-3-7-15(14)11-18)19-17(20)13-22-12-16-8-4-5-9-21-16/h2-3,6-7,16H,4-5,8-13H2,1H3,(H,19,20)/t16-/m1/s1. The molecule has 0 aromatic heterocycles. The Balaban J connectivity index is 1.42. The van der Waals surface area contributed by atoms with Crippen molar-refractivity contribution in [3.63, 3.8) is 0 Å². The van der Waals surface area contributed by atoms with Gasteiger partial charge in [-0.2, -0.15) is 0 Å². The molecule has 1 atom stereocenters. The Morgan fingerprint density at radius 2 is 2.05 bits per heavy atom. The second-order valence-electron chi connectivity index (χ2n) is 6.73. The van der Waals surface area contributed by atoms with Crippen molar-refractivity contribution >= 4 is 17.7 Å². The molecular formula is C18H25NO2S. The zero-order chi connectivity index (χ0) is 15.4. The fourth-order valence-electron chi connectivity index (χ4n) is 3.49. The van der Waals surface area contributed by atoms with Crippen LogP contribution in [0.25, 0.3) is 0 Å². The molecule has 22 heavy (non-hydrogen) atoms. The summed E-state index contributed by atoms with van der Waals surface area (Å²) < 4.78 is 5.70. The molecule has 1 aromatic carbocycles. The SMILES string of the molecule is CC1(NC(=O)CSC[C@H]2CCCCO2)Cc2ccccc2C1. The molecule has 0 unspecified atom stereocenters. The van der Waals surface area contributed by atoms with Crippen LogP contribution in [0.4, 0.5) is 0 Å². The van der Waals surface area contributed by atoms with Gasteiger partial charge in [0.2, 0.25) is 5.91 Å². The van der Waals surface area contributed by atoms with Crippen molar-refractivity contribution in [2.45, 2.75) is 50.7 Å². The van der Waals surface area contributed by atoms with Crippen molar-refractivity contribution in [2.24, 2.45) is 0 Å². The third kappa shape index (κ3) is 4.05. The minimum atomic E-state index is -0.122. The predicted octanol–water partition coefficient (Wildman–Crippen LogP) is 2.96. The zero-order valence-corrected chi connectivity index (χ0v) is 14.1. The Bertz CT molecular complexity index is 501. The average Bonchev–Trinajstić information content (AvgIpc) is 2.83. The normalized spacial score (nSPS) is 23.0. The van der Waals surface area contributed by atoms with E-state index < -0.39 is 0 Å². The molecule has 0 bridgehead atoms. The summed E-state index contributed by atoms with van der Waals surface area (Å²) >= 11 is 1.70. The van der Waals surface area contributed by atoms with E-state index in [1.54, 1.807) is 11.8 Å². The van der Waals surface area contributed by atoms with E-state index in [0.29, 0.717) is 11.9 Å². The first-order chi connectivity index (χ1) is 10.6. The maximum absolute atomic E-state index is 12.2. The second-order valence-corrected chi connectivity index (χ2v) is 7.77. The molecule has 1 aliphatic heterocycles. The van der Waals surface area contributed by atoms with E-state index in [1.165, 1.54) is 24.0 Å². The van der Waals surface area contributed by atoms with Crippen molar-refractivity contribution in [1.82, 2.24) is 5.32 Å². The van der Waals surface area contributed by atoms with Gasteiger partial charge in [-0.05, 0) is 50.2 Å². The number of amides is 1. The van der Waals surface area contributed by atoms with E-state index >= 15 is 0 Å². The number of nitrogens with one attached hydrogen (secondary N) is 1. The van der Waals surface area contributed by atoms with E-state index in [2.05, 4.69) is 36.5 Å². The Morgan fingerprint density at radius 3 is 2.68 bits per heavy atom. The van der Waals surface area contributed by atoms with Crippen molar-refractivity contribution in [2.75, 3.05) is 18.1 Å². The molecule has 3 rings (SSSR count). The summed E-state index contributed by atoms with van der Waals surface area (Å²) in [5.41, 5.74) is 2.62. The summed E-state index contributed by atoms with van der Waals surface area (Å²) in [7, 11) is 0. The molecule has 120 valence electrons. The third-order valence-corrected chi connectivity index (χ3v) is 5.61. The number of ether oxygens (including phenoxy) is 1. The van der Waals surface area contributed by atoms with E-state index in [1.807, 2.05) is 0 Å². The molecule has 4 heteroatoms. The van der Waals surface area contributed by atoms with Crippen molar-refractivity contribution < 1.29 is 9.53 Å². The number of hydrogen-bond acceptors (Lipinski definition) is 3. The van der Waals surface area contributed by atoms with Gasteiger partial charge in [-0.1, -0.05) is 24.3 Å². The Morgan fingerprint density at radius 1 is 1.32 bits per heavy atom. The first-order valence-electron chi connectivity index (χ1n) is 8.22. The van der Waals surface area contributed by atoms with Gasteiger partial charge in [-0.15, -0.1) is 11.8 Å². The minimum absolute atomic E-state index is 0.122. The number of rotatable bonds is 5. The molecule has 1 N–H and O–H groups in total. The van der Waals surface area contributed by atoms with Gasteiger partial charge < -0.3 is 10.1 Å². The Hall–Kier alpha value is -1.00.